The molecule has 0 radical (unpaired) electrons. The Kier molecular flexibility index (Phi) is 6.15. The zero-order chi connectivity index (χ0) is 19.4. The van der Waals surface area contributed by atoms with Gasteiger partial charge in [-0.3, -0.25) is 0 Å². The quantitative estimate of drug-likeness (QED) is 0.752. The summed E-state index contributed by atoms with van der Waals surface area (Å²) in [4.78, 5) is 11.7. The molecule has 0 saturated carbocycles. The highest BCUT2D eigenvalue weighted by molar-refractivity contribution is 6.30. The Labute approximate surface area is 153 Å². The van der Waals surface area contributed by atoms with Crippen molar-refractivity contribution < 1.29 is 32.5 Å². The molecule has 0 aromatic heterocycles. The second-order valence-electron chi connectivity index (χ2n) is 5.37. The largest absolute Gasteiger partial charge is 0.489 e. The zero-order valence-electron chi connectivity index (χ0n) is 13.7. The monoisotopic (exact) mass is 388 g/mol. The molecular weight excluding hydrogens is 373 g/mol. The molecule has 0 aliphatic carbocycles. The van der Waals surface area contributed by atoms with E-state index < -0.39 is 23.3 Å². The van der Waals surface area contributed by atoms with Gasteiger partial charge in [-0.2, -0.15) is 13.2 Å². The molecule has 0 fully saturated rings. The van der Waals surface area contributed by atoms with Crippen LogP contribution in [0.4, 0.5) is 13.2 Å². The van der Waals surface area contributed by atoms with Crippen molar-refractivity contribution in [3.63, 3.8) is 0 Å². The normalized spacial score (nSPS) is 13.8. The molecule has 8 heteroatoms. The lowest BCUT2D eigenvalue weighted by atomic mass is 9.93. The third-order valence-corrected chi connectivity index (χ3v) is 3.78. The molecule has 1 atom stereocenters. The van der Waals surface area contributed by atoms with Crippen LogP contribution in [-0.4, -0.2) is 23.9 Å². The van der Waals surface area contributed by atoms with Crippen molar-refractivity contribution in [2.75, 3.05) is 6.61 Å². The number of alkyl halides is 3. The van der Waals surface area contributed by atoms with Gasteiger partial charge in [-0.15, -0.1) is 0 Å². The predicted octanol–water partition coefficient (Wildman–Crippen LogP) is 4.23. The summed E-state index contributed by atoms with van der Waals surface area (Å²) in [6, 6.07) is 11.3. The topological polar surface area (TPSA) is 55.8 Å². The fraction of sp³-hybridized carbons (Fsp3) is 0.278. The summed E-state index contributed by atoms with van der Waals surface area (Å²) in [6.07, 6.45) is -5.23. The van der Waals surface area contributed by atoms with E-state index >= 15 is 0 Å². The molecule has 0 aliphatic rings. The number of carbonyl (C=O) groups excluding carboxylic acids is 1. The molecule has 140 valence electrons. The number of esters is 1. The molecule has 0 amide bonds. The molecule has 26 heavy (non-hydrogen) atoms. The van der Waals surface area contributed by atoms with E-state index in [9.17, 15) is 23.1 Å². The van der Waals surface area contributed by atoms with Gasteiger partial charge in [0.2, 0.25) is 0 Å². The molecule has 2 aromatic carbocycles. The van der Waals surface area contributed by atoms with Crippen LogP contribution in [0.1, 0.15) is 18.1 Å². The van der Waals surface area contributed by atoms with Gasteiger partial charge in [0.15, 0.2) is 0 Å². The van der Waals surface area contributed by atoms with Crippen molar-refractivity contribution in [2.24, 2.45) is 0 Å². The van der Waals surface area contributed by atoms with E-state index in [1.54, 1.807) is 24.3 Å². The summed E-state index contributed by atoms with van der Waals surface area (Å²) in [5, 5.41) is 10.5. The van der Waals surface area contributed by atoms with Crippen LogP contribution in [0.3, 0.4) is 0 Å². The molecule has 0 unspecified atom stereocenters. The van der Waals surface area contributed by atoms with Crippen LogP contribution in [-0.2, 0) is 21.7 Å². The van der Waals surface area contributed by atoms with Gasteiger partial charge in [0.1, 0.15) is 12.4 Å². The van der Waals surface area contributed by atoms with E-state index in [1.165, 1.54) is 19.1 Å². The first-order valence-corrected chi connectivity index (χ1v) is 8.00. The SMILES string of the molecule is CCOC(=O)[C@](O)(c1ccc(OCc2cccc(Cl)c2)cc1)C(F)(F)F. The highest BCUT2D eigenvalue weighted by Gasteiger charge is 2.62. The summed E-state index contributed by atoms with van der Waals surface area (Å²) < 4.78 is 49.7. The smallest absolute Gasteiger partial charge is 0.432 e. The molecule has 1 N–H and O–H groups in total. The first-order chi connectivity index (χ1) is 12.2. The van der Waals surface area contributed by atoms with Crippen molar-refractivity contribution in [3.05, 3.63) is 64.7 Å². The van der Waals surface area contributed by atoms with E-state index in [4.69, 9.17) is 16.3 Å². The molecule has 2 rings (SSSR count). The maximum atomic E-state index is 13.3. The number of benzene rings is 2. The first kappa shape index (κ1) is 20.1. The summed E-state index contributed by atoms with van der Waals surface area (Å²) in [7, 11) is 0. The summed E-state index contributed by atoms with van der Waals surface area (Å²) in [5.74, 6) is -1.51. The van der Waals surface area contributed by atoms with Crippen LogP contribution < -0.4 is 4.74 Å². The predicted molar refractivity (Wildman–Crippen MR) is 88.8 cm³/mol. The van der Waals surface area contributed by atoms with Crippen molar-refractivity contribution >= 4 is 17.6 Å². The maximum absolute atomic E-state index is 13.3. The van der Waals surface area contributed by atoms with Crippen LogP contribution in [0.25, 0.3) is 0 Å². The Morgan fingerprint density at radius 1 is 1.15 bits per heavy atom. The van der Waals surface area contributed by atoms with Crippen molar-refractivity contribution in [3.8, 4) is 5.75 Å². The lowest BCUT2D eigenvalue weighted by Crippen LogP contribution is -2.50. The fourth-order valence-electron chi connectivity index (χ4n) is 2.22. The van der Waals surface area contributed by atoms with Gasteiger partial charge in [-0.05, 0) is 36.8 Å². The molecule has 0 aliphatic heterocycles. The zero-order valence-corrected chi connectivity index (χ0v) is 14.5. The van der Waals surface area contributed by atoms with Gasteiger partial charge >= 0.3 is 12.1 Å². The Morgan fingerprint density at radius 2 is 1.81 bits per heavy atom. The average Bonchev–Trinajstić information content (AvgIpc) is 2.59. The number of halogens is 4. The minimum Gasteiger partial charge on any atom is -0.489 e. The van der Waals surface area contributed by atoms with E-state index in [0.29, 0.717) is 5.02 Å². The Bertz CT molecular complexity index is 762. The van der Waals surface area contributed by atoms with Crippen LogP contribution in [0.2, 0.25) is 5.02 Å². The lowest BCUT2D eigenvalue weighted by Gasteiger charge is -2.28. The maximum Gasteiger partial charge on any atom is 0.432 e. The van der Waals surface area contributed by atoms with E-state index in [-0.39, 0.29) is 19.0 Å². The van der Waals surface area contributed by atoms with E-state index in [1.807, 2.05) is 0 Å². The number of rotatable bonds is 6. The standard InChI is InChI=1S/C18H16ClF3O4/c1-2-25-16(23)17(24,18(20,21)22)13-6-8-15(9-7-13)26-11-12-4-3-5-14(19)10-12/h3-10,24H,2,11H2,1H3/t17-/m1/s1. The first-order valence-electron chi connectivity index (χ1n) is 7.62. The average molecular weight is 389 g/mol. The molecule has 2 aromatic rings. The molecule has 0 saturated heterocycles. The Morgan fingerprint density at radius 3 is 2.35 bits per heavy atom. The highest BCUT2D eigenvalue weighted by atomic mass is 35.5. The van der Waals surface area contributed by atoms with Crippen molar-refractivity contribution in [1.82, 2.24) is 0 Å². The van der Waals surface area contributed by atoms with Gasteiger partial charge in [0, 0.05) is 10.6 Å². The summed E-state index contributed by atoms with van der Waals surface area (Å²) in [5.41, 5.74) is -3.62. The van der Waals surface area contributed by atoms with Gasteiger partial charge < -0.3 is 14.6 Å². The van der Waals surface area contributed by atoms with Gasteiger partial charge in [0.25, 0.3) is 5.60 Å². The van der Waals surface area contributed by atoms with Crippen molar-refractivity contribution in [1.29, 1.82) is 0 Å². The Hall–Kier alpha value is -2.25. The van der Waals surface area contributed by atoms with E-state index in [2.05, 4.69) is 4.74 Å². The minimum atomic E-state index is -5.23. The van der Waals surface area contributed by atoms with Crippen LogP contribution in [0, 0.1) is 0 Å². The summed E-state index contributed by atoms with van der Waals surface area (Å²) >= 11 is 5.86. The van der Waals surface area contributed by atoms with Crippen LogP contribution in [0.5, 0.6) is 5.75 Å². The minimum absolute atomic E-state index is 0.154. The highest BCUT2D eigenvalue weighted by Crippen LogP contribution is 2.40. The third-order valence-electron chi connectivity index (χ3n) is 3.55. The molecule has 4 nitrogen and oxygen atoms in total. The fourth-order valence-corrected chi connectivity index (χ4v) is 2.43. The second kappa shape index (κ2) is 7.97. The van der Waals surface area contributed by atoms with E-state index in [0.717, 1.165) is 17.7 Å². The number of ether oxygens (including phenoxy) is 2. The second-order valence-corrected chi connectivity index (χ2v) is 5.81. The third kappa shape index (κ3) is 4.28. The number of aliphatic hydroxyl groups is 1. The van der Waals surface area contributed by atoms with Gasteiger partial charge in [-0.1, -0.05) is 35.9 Å². The number of hydrogen-bond donors (Lipinski definition) is 1. The molecule has 0 heterocycles. The number of carbonyl (C=O) groups is 1. The molecule has 0 bridgehead atoms. The van der Waals surface area contributed by atoms with Gasteiger partial charge in [0.05, 0.1) is 6.61 Å². The molecular formula is C18H16ClF3O4. The summed E-state index contributed by atoms with van der Waals surface area (Å²) in [6.45, 7) is 1.21. The lowest BCUT2D eigenvalue weighted by molar-refractivity contribution is -0.267. The number of hydrogen-bond acceptors (Lipinski definition) is 4. The van der Waals surface area contributed by atoms with Gasteiger partial charge in [-0.25, -0.2) is 4.79 Å². The van der Waals surface area contributed by atoms with Crippen molar-refractivity contribution in [2.45, 2.75) is 25.3 Å². The van der Waals surface area contributed by atoms with Crippen LogP contribution >= 0.6 is 11.6 Å². The van der Waals surface area contributed by atoms with Crippen LogP contribution in [0.15, 0.2) is 48.5 Å². The molecule has 0 spiro atoms. The Balaban J connectivity index is 2.19.